The van der Waals surface area contributed by atoms with Crippen molar-refractivity contribution in [2.45, 2.75) is 31.7 Å². The van der Waals surface area contributed by atoms with Crippen molar-refractivity contribution in [2.75, 3.05) is 5.32 Å². The number of halogens is 1. The van der Waals surface area contributed by atoms with Crippen LogP contribution in [0, 0.1) is 5.92 Å². The van der Waals surface area contributed by atoms with Crippen LogP contribution in [0.1, 0.15) is 36.0 Å². The largest absolute Gasteiger partial charge is 0.481 e. The highest BCUT2D eigenvalue weighted by molar-refractivity contribution is 9.10. The molecule has 0 aliphatic heterocycles. The molecule has 108 valence electrons. The van der Waals surface area contributed by atoms with Crippen molar-refractivity contribution in [2.24, 2.45) is 11.7 Å². The molecule has 1 aliphatic rings. The lowest BCUT2D eigenvalue weighted by Crippen LogP contribution is -2.31. The first-order valence-corrected chi connectivity index (χ1v) is 7.35. The zero-order valence-electron chi connectivity index (χ0n) is 10.9. The monoisotopic (exact) mass is 340 g/mol. The molecular weight excluding hydrogens is 324 g/mol. The van der Waals surface area contributed by atoms with Crippen LogP contribution in [0.2, 0.25) is 0 Å². The van der Waals surface area contributed by atoms with Crippen LogP contribution < -0.4 is 11.1 Å². The number of nitrogens with one attached hydrogen (secondary N) is 1. The average molecular weight is 341 g/mol. The van der Waals surface area contributed by atoms with Crippen LogP contribution >= 0.6 is 15.9 Å². The molecule has 1 amide bonds. The molecule has 2 atom stereocenters. The Bertz CT molecular complexity index is 533. The summed E-state index contributed by atoms with van der Waals surface area (Å²) in [5, 5.41) is 12.4. The van der Waals surface area contributed by atoms with Gasteiger partial charge in [0.25, 0.3) is 5.91 Å². The van der Waals surface area contributed by atoms with Crippen molar-refractivity contribution < 1.29 is 14.7 Å². The molecule has 0 saturated heterocycles. The van der Waals surface area contributed by atoms with Crippen molar-refractivity contribution in [1.82, 2.24) is 0 Å². The lowest BCUT2D eigenvalue weighted by atomic mass is 9.85. The number of primary amides is 1. The fourth-order valence-corrected chi connectivity index (χ4v) is 2.98. The zero-order valence-corrected chi connectivity index (χ0v) is 12.5. The summed E-state index contributed by atoms with van der Waals surface area (Å²) < 4.78 is 0.843. The first-order valence-electron chi connectivity index (χ1n) is 6.56. The third kappa shape index (κ3) is 3.50. The number of aliphatic carboxylic acids is 1. The molecule has 20 heavy (non-hydrogen) atoms. The van der Waals surface area contributed by atoms with Crippen molar-refractivity contribution in [1.29, 1.82) is 0 Å². The van der Waals surface area contributed by atoms with Crippen LogP contribution in [0.25, 0.3) is 0 Å². The van der Waals surface area contributed by atoms with Gasteiger partial charge >= 0.3 is 5.97 Å². The molecule has 2 rings (SSSR count). The van der Waals surface area contributed by atoms with E-state index in [9.17, 15) is 9.59 Å². The number of rotatable bonds is 4. The second-order valence-electron chi connectivity index (χ2n) is 5.10. The number of nitrogens with two attached hydrogens (primary N) is 1. The van der Waals surface area contributed by atoms with E-state index in [1.807, 2.05) is 0 Å². The van der Waals surface area contributed by atoms with Crippen molar-refractivity contribution in [3.63, 3.8) is 0 Å². The number of carbonyl (C=O) groups excluding carboxylic acids is 1. The lowest BCUT2D eigenvalue weighted by molar-refractivity contribution is -0.142. The zero-order chi connectivity index (χ0) is 14.7. The van der Waals surface area contributed by atoms with Gasteiger partial charge in [0.15, 0.2) is 0 Å². The van der Waals surface area contributed by atoms with Crippen LogP contribution in [0.5, 0.6) is 0 Å². The molecule has 5 nitrogen and oxygen atoms in total. The first kappa shape index (κ1) is 14.8. The van der Waals surface area contributed by atoms with Crippen LogP contribution in [-0.4, -0.2) is 23.0 Å². The number of carboxylic acids is 1. The second kappa shape index (κ2) is 6.26. The van der Waals surface area contributed by atoms with Gasteiger partial charge in [-0.25, -0.2) is 0 Å². The van der Waals surface area contributed by atoms with E-state index in [0.717, 1.165) is 17.3 Å². The first-order chi connectivity index (χ1) is 9.47. The molecule has 0 heterocycles. The molecular formula is C14H17BrN2O3. The summed E-state index contributed by atoms with van der Waals surface area (Å²) in [5.41, 5.74) is 6.43. The van der Waals surface area contributed by atoms with E-state index in [1.54, 1.807) is 18.2 Å². The van der Waals surface area contributed by atoms with Gasteiger partial charge in [-0.15, -0.1) is 0 Å². The van der Waals surface area contributed by atoms with Crippen LogP contribution in [0.15, 0.2) is 22.7 Å². The Labute approximate surface area is 125 Å². The topological polar surface area (TPSA) is 92.4 Å². The second-order valence-corrected chi connectivity index (χ2v) is 6.01. The van der Waals surface area contributed by atoms with E-state index in [0.29, 0.717) is 24.1 Å². The Morgan fingerprint density at radius 3 is 2.75 bits per heavy atom. The summed E-state index contributed by atoms with van der Waals surface area (Å²) in [5.74, 6) is -1.56. The van der Waals surface area contributed by atoms with Crippen molar-refractivity contribution in [3.05, 3.63) is 28.2 Å². The summed E-state index contributed by atoms with van der Waals surface area (Å²) in [6.07, 6.45) is 3.05. The maximum Gasteiger partial charge on any atom is 0.306 e. The maximum absolute atomic E-state index is 11.4. The van der Waals surface area contributed by atoms with Gasteiger partial charge < -0.3 is 16.2 Å². The number of benzene rings is 1. The average Bonchev–Trinajstić information content (AvgIpc) is 2.38. The van der Waals surface area contributed by atoms with E-state index in [2.05, 4.69) is 21.2 Å². The molecule has 0 bridgehead atoms. The predicted octanol–water partition coefficient (Wildman–Crippen LogP) is 2.60. The number of anilines is 1. The van der Waals surface area contributed by atoms with Crippen molar-refractivity contribution in [3.8, 4) is 0 Å². The molecule has 1 aromatic rings. The van der Waals surface area contributed by atoms with Gasteiger partial charge in [-0.1, -0.05) is 22.4 Å². The fourth-order valence-electron chi connectivity index (χ4n) is 2.62. The smallest absolute Gasteiger partial charge is 0.306 e. The van der Waals surface area contributed by atoms with Crippen LogP contribution in [0.3, 0.4) is 0 Å². The Morgan fingerprint density at radius 1 is 1.35 bits per heavy atom. The van der Waals surface area contributed by atoms with E-state index >= 15 is 0 Å². The van der Waals surface area contributed by atoms with Crippen molar-refractivity contribution >= 4 is 33.5 Å². The Kier molecular flexibility index (Phi) is 4.65. The van der Waals surface area contributed by atoms with Crippen LogP contribution in [0.4, 0.5) is 5.69 Å². The quantitative estimate of drug-likeness (QED) is 0.785. The van der Waals surface area contributed by atoms with E-state index in [-0.39, 0.29) is 12.0 Å². The van der Waals surface area contributed by atoms with Gasteiger partial charge in [0.1, 0.15) is 0 Å². The standard InChI is InChI=1S/C14H17BrN2O3/c15-9-4-5-11(13(16)18)12(7-9)17-10-3-1-2-8(6-10)14(19)20/h4-5,7-8,10,17H,1-3,6H2,(H2,16,18)(H,19,20). The number of carbonyl (C=O) groups is 2. The third-order valence-electron chi connectivity index (χ3n) is 3.63. The van der Waals surface area contributed by atoms with Gasteiger partial charge in [0.2, 0.25) is 0 Å². The van der Waals surface area contributed by atoms with Gasteiger partial charge in [-0.3, -0.25) is 9.59 Å². The maximum atomic E-state index is 11.4. The summed E-state index contributed by atoms with van der Waals surface area (Å²) >= 11 is 3.36. The lowest BCUT2D eigenvalue weighted by Gasteiger charge is -2.28. The predicted molar refractivity (Wildman–Crippen MR) is 79.7 cm³/mol. The third-order valence-corrected chi connectivity index (χ3v) is 4.12. The normalized spacial score (nSPS) is 22.2. The fraction of sp³-hybridized carbons (Fsp3) is 0.429. The van der Waals surface area contributed by atoms with Gasteiger partial charge in [0, 0.05) is 16.2 Å². The number of hydrogen-bond acceptors (Lipinski definition) is 3. The minimum atomic E-state index is -0.749. The molecule has 0 radical (unpaired) electrons. The number of amides is 1. The summed E-state index contributed by atoms with van der Waals surface area (Å²) in [6, 6.07) is 5.26. The number of carboxylic acid groups (broad SMARTS) is 1. The highest BCUT2D eigenvalue weighted by atomic mass is 79.9. The summed E-state index contributed by atoms with van der Waals surface area (Å²) in [4.78, 5) is 22.5. The molecule has 1 aliphatic carbocycles. The van der Waals surface area contributed by atoms with E-state index in [1.165, 1.54) is 0 Å². The van der Waals surface area contributed by atoms with Gasteiger partial charge in [-0.05, 0) is 37.5 Å². The molecule has 1 fully saturated rings. The Hall–Kier alpha value is -1.56. The minimum Gasteiger partial charge on any atom is -0.481 e. The van der Waals surface area contributed by atoms with Crippen LogP contribution in [-0.2, 0) is 4.79 Å². The van der Waals surface area contributed by atoms with E-state index < -0.39 is 11.9 Å². The van der Waals surface area contributed by atoms with Gasteiger partial charge in [-0.2, -0.15) is 0 Å². The summed E-state index contributed by atoms with van der Waals surface area (Å²) in [6.45, 7) is 0. The minimum absolute atomic E-state index is 0.0530. The highest BCUT2D eigenvalue weighted by Gasteiger charge is 2.27. The van der Waals surface area contributed by atoms with Gasteiger partial charge in [0.05, 0.1) is 11.5 Å². The molecule has 6 heteroatoms. The summed E-state index contributed by atoms with van der Waals surface area (Å²) in [7, 11) is 0. The SMILES string of the molecule is NC(=O)c1ccc(Br)cc1NC1CCCC(C(=O)O)C1. The molecule has 1 aromatic carbocycles. The highest BCUT2D eigenvalue weighted by Crippen LogP contribution is 2.29. The molecule has 4 N–H and O–H groups in total. The molecule has 1 saturated carbocycles. The Balaban J connectivity index is 2.15. The molecule has 0 aromatic heterocycles. The molecule has 0 spiro atoms. The Morgan fingerprint density at radius 2 is 2.10 bits per heavy atom. The number of hydrogen-bond donors (Lipinski definition) is 3. The molecule has 2 unspecified atom stereocenters. The van der Waals surface area contributed by atoms with E-state index in [4.69, 9.17) is 10.8 Å².